The SMILES string of the molecule is C[C@H]1CCCCC1C1CCCNC1. The van der Waals surface area contributed by atoms with E-state index in [0.717, 1.165) is 17.8 Å². The number of nitrogens with one attached hydrogen (secondary N) is 1. The maximum atomic E-state index is 3.55. The second-order valence-corrected chi connectivity index (χ2v) is 5.03. The summed E-state index contributed by atoms with van der Waals surface area (Å²) in [5.41, 5.74) is 0. The van der Waals surface area contributed by atoms with Gasteiger partial charge in [0.15, 0.2) is 0 Å². The monoisotopic (exact) mass is 181 g/mol. The molecule has 0 aromatic rings. The van der Waals surface area contributed by atoms with Gasteiger partial charge in [0.1, 0.15) is 0 Å². The predicted molar refractivity (Wildman–Crippen MR) is 56.7 cm³/mol. The standard InChI is InChI=1S/C12H23N/c1-10-5-2-3-7-12(10)11-6-4-8-13-9-11/h10-13H,2-9H2,1H3/t10-,11?,12?/m0/s1. The molecule has 1 aliphatic carbocycles. The van der Waals surface area contributed by atoms with E-state index in [4.69, 9.17) is 0 Å². The van der Waals surface area contributed by atoms with E-state index in [9.17, 15) is 0 Å². The quantitative estimate of drug-likeness (QED) is 0.656. The molecular weight excluding hydrogens is 158 g/mol. The summed E-state index contributed by atoms with van der Waals surface area (Å²) in [6, 6.07) is 0. The minimum Gasteiger partial charge on any atom is -0.316 e. The molecule has 1 heterocycles. The fourth-order valence-electron chi connectivity index (χ4n) is 3.29. The molecule has 0 aromatic carbocycles. The molecule has 13 heavy (non-hydrogen) atoms. The van der Waals surface area contributed by atoms with Crippen molar-refractivity contribution in [1.29, 1.82) is 0 Å². The summed E-state index contributed by atoms with van der Waals surface area (Å²) in [6.45, 7) is 5.03. The van der Waals surface area contributed by atoms with Gasteiger partial charge in [0.25, 0.3) is 0 Å². The first-order chi connectivity index (χ1) is 6.38. The zero-order chi connectivity index (χ0) is 9.10. The normalized spacial score (nSPS) is 41.8. The van der Waals surface area contributed by atoms with Crippen molar-refractivity contribution in [2.75, 3.05) is 13.1 Å². The van der Waals surface area contributed by atoms with Crippen LogP contribution in [0.25, 0.3) is 0 Å². The molecule has 2 aliphatic rings. The van der Waals surface area contributed by atoms with Crippen LogP contribution < -0.4 is 5.32 Å². The van der Waals surface area contributed by atoms with E-state index in [1.54, 1.807) is 0 Å². The first-order valence-electron chi connectivity index (χ1n) is 6.08. The molecule has 1 N–H and O–H groups in total. The van der Waals surface area contributed by atoms with Crippen molar-refractivity contribution in [3.63, 3.8) is 0 Å². The largest absolute Gasteiger partial charge is 0.316 e. The molecule has 0 bridgehead atoms. The Bertz CT molecular complexity index is 149. The Kier molecular flexibility index (Phi) is 3.26. The summed E-state index contributed by atoms with van der Waals surface area (Å²) in [5.74, 6) is 3.05. The van der Waals surface area contributed by atoms with Crippen LogP contribution in [0.5, 0.6) is 0 Å². The number of piperidine rings is 1. The number of rotatable bonds is 1. The van der Waals surface area contributed by atoms with Crippen LogP contribution in [0.2, 0.25) is 0 Å². The van der Waals surface area contributed by atoms with Gasteiger partial charge in [-0.25, -0.2) is 0 Å². The van der Waals surface area contributed by atoms with Crippen LogP contribution in [-0.4, -0.2) is 13.1 Å². The van der Waals surface area contributed by atoms with Gasteiger partial charge >= 0.3 is 0 Å². The highest BCUT2D eigenvalue weighted by Gasteiger charge is 2.29. The fraction of sp³-hybridized carbons (Fsp3) is 1.00. The van der Waals surface area contributed by atoms with Crippen LogP contribution in [0.15, 0.2) is 0 Å². The third-order valence-electron chi connectivity index (χ3n) is 4.12. The molecule has 3 atom stereocenters. The fourth-order valence-corrected chi connectivity index (χ4v) is 3.29. The molecule has 1 nitrogen and oxygen atoms in total. The van der Waals surface area contributed by atoms with E-state index in [2.05, 4.69) is 12.2 Å². The van der Waals surface area contributed by atoms with E-state index in [0.29, 0.717) is 0 Å². The van der Waals surface area contributed by atoms with Gasteiger partial charge in [0.2, 0.25) is 0 Å². The first-order valence-corrected chi connectivity index (χ1v) is 6.08. The summed E-state index contributed by atoms with van der Waals surface area (Å²) < 4.78 is 0. The lowest BCUT2D eigenvalue weighted by atomic mass is 9.71. The van der Waals surface area contributed by atoms with Crippen molar-refractivity contribution in [2.45, 2.75) is 45.4 Å². The summed E-state index contributed by atoms with van der Waals surface area (Å²) in [6.07, 6.45) is 8.87. The second kappa shape index (κ2) is 4.45. The van der Waals surface area contributed by atoms with Gasteiger partial charge in [-0.3, -0.25) is 0 Å². The van der Waals surface area contributed by atoms with E-state index < -0.39 is 0 Å². The van der Waals surface area contributed by atoms with Crippen molar-refractivity contribution in [3.8, 4) is 0 Å². The summed E-state index contributed by atoms with van der Waals surface area (Å²) in [4.78, 5) is 0. The third-order valence-corrected chi connectivity index (χ3v) is 4.12. The lowest BCUT2D eigenvalue weighted by Crippen LogP contribution is -2.37. The lowest BCUT2D eigenvalue weighted by molar-refractivity contribution is 0.149. The van der Waals surface area contributed by atoms with Crippen LogP contribution >= 0.6 is 0 Å². The topological polar surface area (TPSA) is 12.0 Å². The Morgan fingerprint density at radius 3 is 2.54 bits per heavy atom. The molecule has 1 saturated heterocycles. The molecule has 76 valence electrons. The third kappa shape index (κ3) is 2.25. The van der Waals surface area contributed by atoms with Gasteiger partial charge < -0.3 is 5.32 Å². The molecule has 2 rings (SSSR count). The Balaban J connectivity index is 1.88. The molecule has 1 aliphatic heterocycles. The minimum absolute atomic E-state index is 0.999. The van der Waals surface area contributed by atoms with Gasteiger partial charge in [-0.05, 0) is 50.1 Å². The zero-order valence-corrected chi connectivity index (χ0v) is 8.89. The average molecular weight is 181 g/mol. The molecule has 1 heteroatoms. The van der Waals surface area contributed by atoms with Crippen molar-refractivity contribution < 1.29 is 0 Å². The van der Waals surface area contributed by atoms with Crippen molar-refractivity contribution in [3.05, 3.63) is 0 Å². The Labute approximate surface area is 82.3 Å². The molecule has 0 aromatic heterocycles. The Morgan fingerprint density at radius 1 is 1.00 bits per heavy atom. The smallest absolute Gasteiger partial charge is 0.00178 e. The number of hydrogen-bond acceptors (Lipinski definition) is 1. The van der Waals surface area contributed by atoms with Crippen LogP contribution in [-0.2, 0) is 0 Å². The molecule has 2 fully saturated rings. The first kappa shape index (κ1) is 9.51. The molecule has 0 amide bonds. The van der Waals surface area contributed by atoms with E-state index in [1.165, 1.54) is 51.6 Å². The van der Waals surface area contributed by atoms with Gasteiger partial charge in [0.05, 0.1) is 0 Å². The van der Waals surface area contributed by atoms with Crippen LogP contribution in [0, 0.1) is 17.8 Å². The van der Waals surface area contributed by atoms with Gasteiger partial charge in [0, 0.05) is 0 Å². The zero-order valence-electron chi connectivity index (χ0n) is 8.89. The molecule has 0 radical (unpaired) electrons. The van der Waals surface area contributed by atoms with Crippen LogP contribution in [0.1, 0.15) is 45.4 Å². The number of hydrogen-bond donors (Lipinski definition) is 1. The molecular formula is C12H23N. The Hall–Kier alpha value is -0.0400. The van der Waals surface area contributed by atoms with E-state index in [-0.39, 0.29) is 0 Å². The Morgan fingerprint density at radius 2 is 1.85 bits per heavy atom. The summed E-state index contributed by atoms with van der Waals surface area (Å²) in [7, 11) is 0. The lowest BCUT2D eigenvalue weighted by Gasteiger charge is -2.37. The second-order valence-electron chi connectivity index (χ2n) is 5.03. The molecule has 0 spiro atoms. The maximum absolute atomic E-state index is 3.55. The van der Waals surface area contributed by atoms with Gasteiger partial charge in [-0.2, -0.15) is 0 Å². The minimum atomic E-state index is 0.999. The van der Waals surface area contributed by atoms with Crippen LogP contribution in [0.4, 0.5) is 0 Å². The maximum Gasteiger partial charge on any atom is -0.00178 e. The molecule has 2 unspecified atom stereocenters. The van der Waals surface area contributed by atoms with E-state index >= 15 is 0 Å². The highest BCUT2D eigenvalue weighted by atomic mass is 14.9. The van der Waals surface area contributed by atoms with Gasteiger partial charge in [-0.1, -0.05) is 26.2 Å². The van der Waals surface area contributed by atoms with Crippen molar-refractivity contribution in [1.82, 2.24) is 5.32 Å². The highest BCUT2D eigenvalue weighted by Crippen LogP contribution is 2.37. The molecule has 1 saturated carbocycles. The summed E-state index contributed by atoms with van der Waals surface area (Å²) in [5, 5.41) is 3.55. The summed E-state index contributed by atoms with van der Waals surface area (Å²) >= 11 is 0. The van der Waals surface area contributed by atoms with E-state index in [1.807, 2.05) is 0 Å². The van der Waals surface area contributed by atoms with Crippen molar-refractivity contribution >= 4 is 0 Å². The van der Waals surface area contributed by atoms with Crippen LogP contribution in [0.3, 0.4) is 0 Å². The average Bonchev–Trinajstić information content (AvgIpc) is 2.20. The highest BCUT2D eigenvalue weighted by molar-refractivity contribution is 4.82. The predicted octanol–water partition coefficient (Wildman–Crippen LogP) is 2.81. The van der Waals surface area contributed by atoms with Gasteiger partial charge in [-0.15, -0.1) is 0 Å². The van der Waals surface area contributed by atoms with Crippen molar-refractivity contribution in [2.24, 2.45) is 17.8 Å².